The molecule has 2 amide bonds. The SMILES string of the molecule is CC(=O)N(CC(=O)Nc1ccc(Cl)cc1Cl)c1cc(C)cc(C)c1. The van der Waals surface area contributed by atoms with E-state index in [0.29, 0.717) is 21.4 Å². The predicted octanol–water partition coefficient (Wildman–Crippen LogP) is 4.60. The summed E-state index contributed by atoms with van der Waals surface area (Å²) in [6, 6.07) is 10.6. The molecule has 2 rings (SSSR count). The van der Waals surface area contributed by atoms with Crippen LogP contribution in [0.1, 0.15) is 18.1 Å². The van der Waals surface area contributed by atoms with Gasteiger partial charge in [0.2, 0.25) is 11.8 Å². The van der Waals surface area contributed by atoms with Crippen molar-refractivity contribution < 1.29 is 9.59 Å². The molecule has 0 bridgehead atoms. The molecule has 0 radical (unpaired) electrons. The van der Waals surface area contributed by atoms with Gasteiger partial charge in [0.05, 0.1) is 10.7 Å². The van der Waals surface area contributed by atoms with E-state index in [0.717, 1.165) is 11.1 Å². The van der Waals surface area contributed by atoms with Crippen molar-refractivity contribution >= 4 is 46.4 Å². The number of rotatable bonds is 4. The van der Waals surface area contributed by atoms with E-state index >= 15 is 0 Å². The molecule has 24 heavy (non-hydrogen) atoms. The van der Waals surface area contributed by atoms with Gasteiger partial charge in [-0.2, -0.15) is 0 Å². The molecular formula is C18H18Cl2N2O2. The summed E-state index contributed by atoms with van der Waals surface area (Å²) >= 11 is 11.9. The second kappa shape index (κ2) is 7.69. The van der Waals surface area contributed by atoms with Crippen LogP contribution in [0, 0.1) is 13.8 Å². The topological polar surface area (TPSA) is 49.4 Å². The van der Waals surface area contributed by atoms with Gasteiger partial charge in [-0.15, -0.1) is 0 Å². The van der Waals surface area contributed by atoms with Crippen molar-refractivity contribution in [3.8, 4) is 0 Å². The van der Waals surface area contributed by atoms with Gasteiger partial charge in [-0.25, -0.2) is 0 Å². The number of carbonyl (C=O) groups excluding carboxylic acids is 2. The average molecular weight is 365 g/mol. The molecule has 4 nitrogen and oxygen atoms in total. The Hall–Kier alpha value is -2.04. The molecule has 0 unspecified atom stereocenters. The molecule has 6 heteroatoms. The Kier molecular flexibility index (Phi) is 5.86. The fourth-order valence-corrected chi connectivity index (χ4v) is 2.87. The highest BCUT2D eigenvalue weighted by Gasteiger charge is 2.17. The molecule has 0 aliphatic rings. The van der Waals surface area contributed by atoms with Gasteiger partial charge in [0.25, 0.3) is 0 Å². The van der Waals surface area contributed by atoms with E-state index < -0.39 is 0 Å². The van der Waals surface area contributed by atoms with E-state index in [2.05, 4.69) is 5.32 Å². The molecule has 2 aromatic carbocycles. The molecule has 0 heterocycles. The van der Waals surface area contributed by atoms with Crippen LogP contribution in [0.15, 0.2) is 36.4 Å². The first kappa shape index (κ1) is 18.3. The Morgan fingerprint density at radius 3 is 2.21 bits per heavy atom. The standard InChI is InChI=1S/C18H18Cl2N2O2/c1-11-6-12(2)8-15(7-11)22(13(3)23)10-18(24)21-17-5-4-14(19)9-16(17)20/h4-9H,10H2,1-3H3,(H,21,24). The number of aryl methyl sites for hydroxylation is 2. The van der Waals surface area contributed by atoms with Crippen LogP contribution in [0.2, 0.25) is 10.0 Å². The van der Waals surface area contributed by atoms with E-state index in [-0.39, 0.29) is 18.4 Å². The summed E-state index contributed by atoms with van der Waals surface area (Å²) in [5, 5.41) is 3.53. The summed E-state index contributed by atoms with van der Waals surface area (Å²) in [5.41, 5.74) is 3.20. The number of benzene rings is 2. The lowest BCUT2D eigenvalue weighted by Crippen LogP contribution is -2.36. The molecule has 1 N–H and O–H groups in total. The quantitative estimate of drug-likeness (QED) is 0.861. The van der Waals surface area contributed by atoms with Crippen molar-refractivity contribution in [2.75, 3.05) is 16.8 Å². The highest BCUT2D eigenvalue weighted by molar-refractivity contribution is 6.36. The van der Waals surface area contributed by atoms with Gasteiger partial charge in [-0.1, -0.05) is 29.3 Å². The highest BCUT2D eigenvalue weighted by Crippen LogP contribution is 2.25. The zero-order valence-corrected chi connectivity index (χ0v) is 15.2. The van der Waals surface area contributed by atoms with E-state index in [1.165, 1.54) is 11.8 Å². The Labute approximate surface area is 151 Å². The van der Waals surface area contributed by atoms with Crippen molar-refractivity contribution in [3.05, 3.63) is 57.6 Å². The number of carbonyl (C=O) groups is 2. The zero-order chi connectivity index (χ0) is 17.9. The Morgan fingerprint density at radius 1 is 1.04 bits per heavy atom. The van der Waals surface area contributed by atoms with Crippen molar-refractivity contribution in [1.29, 1.82) is 0 Å². The summed E-state index contributed by atoms with van der Waals surface area (Å²) in [7, 11) is 0. The zero-order valence-electron chi connectivity index (χ0n) is 13.7. The van der Waals surface area contributed by atoms with Crippen molar-refractivity contribution in [2.24, 2.45) is 0 Å². The van der Waals surface area contributed by atoms with E-state index in [4.69, 9.17) is 23.2 Å². The number of nitrogens with zero attached hydrogens (tertiary/aromatic N) is 1. The van der Waals surface area contributed by atoms with Crippen LogP contribution in [-0.4, -0.2) is 18.4 Å². The number of hydrogen-bond acceptors (Lipinski definition) is 2. The molecule has 0 aromatic heterocycles. The Bertz CT molecular complexity index is 770. The summed E-state index contributed by atoms with van der Waals surface area (Å²) in [5.74, 6) is -0.550. The van der Waals surface area contributed by atoms with Crippen LogP contribution >= 0.6 is 23.2 Å². The smallest absolute Gasteiger partial charge is 0.244 e. The first-order chi connectivity index (χ1) is 11.3. The van der Waals surface area contributed by atoms with Crippen LogP contribution in [-0.2, 0) is 9.59 Å². The normalized spacial score (nSPS) is 10.4. The maximum absolute atomic E-state index is 12.3. The summed E-state index contributed by atoms with van der Waals surface area (Å²) in [6.45, 7) is 5.22. The maximum Gasteiger partial charge on any atom is 0.244 e. The summed E-state index contributed by atoms with van der Waals surface area (Å²) < 4.78 is 0. The van der Waals surface area contributed by atoms with Crippen LogP contribution in [0.5, 0.6) is 0 Å². The van der Waals surface area contributed by atoms with E-state index in [1.807, 2.05) is 32.0 Å². The molecule has 0 saturated carbocycles. The number of hydrogen-bond donors (Lipinski definition) is 1. The monoisotopic (exact) mass is 364 g/mol. The molecule has 0 atom stereocenters. The minimum Gasteiger partial charge on any atom is -0.323 e. The van der Waals surface area contributed by atoms with Crippen molar-refractivity contribution in [1.82, 2.24) is 0 Å². The minimum absolute atomic E-state index is 0.100. The third-order valence-electron chi connectivity index (χ3n) is 3.41. The van der Waals surface area contributed by atoms with E-state index in [9.17, 15) is 9.59 Å². The van der Waals surface area contributed by atoms with Gasteiger partial charge in [-0.3, -0.25) is 9.59 Å². The molecule has 126 valence electrons. The minimum atomic E-state index is -0.339. The number of amides is 2. The molecule has 0 saturated heterocycles. The third kappa shape index (κ3) is 4.73. The molecule has 2 aromatic rings. The maximum atomic E-state index is 12.3. The van der Waals surface area contributed by atoms with Crippen LogP contribution in [0.3, 0.4) is 0 Å². The van der Waals surface area contributed by atoms with Gasteiger partial charge in [0.15, 0.2) is 0 Å². The van der Waals surface area contributed by atoms with E-state index in [1.54, 1.807) is 18.2 Å². The fraction of sp³-hybridized carbons (Fsp3) is 0.222. The first-order valence-corrected chi connectivity index (χ1v) is 8.13. The van der Waals surface area contributed by atoms with Gasteiger partial charge in [0, 0.05) is 17.6 Å². The molecular weight excluding hydrogens is 347 g/mol. The lowest BCUT2D eigenvalue weighted by atomic mass is 10.1. The van der Waals surface area contributed by atoms with Crippen molar-refractivity contribution in [2.45, 2.75) is 20.8 Å². The second-order valence-electron chi connectivity index (χ2n) is 5.62. The number of anilines is 2. The predicted molar refractivity (Wildman–Crippen MR) is 99.0 cm³/mol. The fourth-order valence-electron chi connectivity index (χ4n) is 2.42. The second-order valence-corrected chi connectivity index (χ2v) is 6.47. The first-order valence-electron chi connectivity index (χ1n) is 7.37. The lowest BCUT2D eigenvalue weighted by Gasteiger charge is -2.22. The summed E-state index contributed by atoms with van der Waals surface area (Å²) in [4.78, 5) is 25.7. The summed E-state index contributed by atoms with van der Waals surface area (Å²) in [6.07, 6.45) is 0. The van der Waals surface area contributed by atoms with Crippen LogP contribution in [0.25, 0.3) is 0 Å². The Morgan fingerprint density at radius 2 is 1.67 bits per heavy atom. The van der Waals surface area contributed by atoms with Gasteiger partial charge < -0.3 is 10.2 Å². The third-order valence-corrected chi connectivity index (χ3v) is 3.95. The number of nitrogens with one attached hydrogen (secondary N) is 1. The Balaban J connectivity index is 2.18. The van der Waals surface area contributed by atoms with Crippen LogP contribution in [0.4, 0.5) is 11.4 Å². The molecule has 0 aliphatic heterocycles. The van der Waals surface area contributed by atoms with Gasteiger partial charge >= 0.3 is 0 Å². The van der Waals surface area contributed by atoms with Crippen LogP contribution < -0.4 is 10.2 Å². The largest absolute Gasteiger partial charge is 0.323 e. The van der Waals surface area contributed by atoms with Gasteiger partial charge in [-0.05, 0) is 55.3 Å². The molecule has 0 spiro atoms. The molecule has 0 fully saturated rings. The average Bonchev–Trinajstić information content (AvgIpc) is 2.46. The van der Waals surface area contributed by atoms with Gasteiger partial charge in [0.1, 0.15) is 6.54 Å². The van der Waals surface area contributed by atoms with Crippen molar-refractivity contribution in [3.63, 3.8) is 0 Å². The number of halogens is 2. The highest BCUT2D eigenvalue weighted by atomic mass is 35.5. The molecule has 0 aliphatic carbocycles. The lowest BCUT2D eigenvalue weighted by molar-refractivity contribution is -0.120.